The number of hydrogen-bond donors (Lipinski definition) is 1. The topological polar surface area (TPSA) is 73.9 Å². The van der Waals surface area contributed by atoms with Crippen molar-refractivity contribution in [3.8, 4) is 11.5 Å². The molecule has 1 aromatic carbocycles. The van der Waals surface area contributed by atoms with Gasteiger partial charge in [0, 0.05) is 19.2 Å². The molecule has 0 spiro atoms. The van der Waals surface area contributed by atoms with Gasteiger partial charge in [0.05, 0.1) is 14.2 Å². The first kappa shape index (κ1) is 15.6. The van der Waals surface area contributed by atoms with Gasteiger partial charge in [-0.15, -0.1) is 0 Å². The average molecular weight is 279 g/mol. The number of nitrogens with one attached hydrogen (secondary N) is 1. The predicted molar refractivity (Wildman–Crippen MR) is 73.6 cm³/mol. The second-order valence-corrected chi connectivity index (χ2v) is 3.76. The molecule has 0 atom stereocenters. The summed E-state index contributed by atoms with van der Waals surface area (Å²) in [4.78, 5) is 22.3. The van der Waals surface area contributed by atoms with Gasteiger partial charge in [-0.25, -0.2) is 4.79 Å². The zero-order valence-electron chi connectivity index (χ0n) is 11.6. The Labute approximate surface area is 117 Å². The van der Waals surface area contributed by atoms with Gasteiger partial charge in [-0.2, -0.15) is 0 Å². The lowest BCUT2D eigenvalue weighted by atomic mass is 10.2. The SMILES string of the molecule is CNC(=O)COC(=O)/C=C/c1cc(OC)cc(OC)c1. The second-order valence-electron chi connectivity index (χ2n) is 3.76. The van der Waals surface area contributed by atoms with Crippen LogP contribution in [0, 0.1) is 0 Å². The van der Waals surface area contributed by atoms with Crippen molar-refractivity contribution in [1.29, 1.82) is 0 Å². The number of carbonyl (C=O) groups is 2. The van der Waals surface area contributed by atoms with Gasteiger partial charge in [0.2, 0.25) is 0 Å². The summed E-state index contributed by atoms with van der Waals surface area (Å²) in [5.74, 6) is 0.260. The molecular weight excluding hydrogens is 262 g/mol. The van der Waals surface area contributed by atoms with Gasteiger partial charge >= 0.3 is 5.97 Å². The number of carbonyl (C=O) groups excluding carboxylic acids is 2. The summed E-state index contributed by atoms with van der Waals surface area (Å²) < 4.78 is 15.0. The molecule has 0 bridgehead atoms. The van der Waals surface area contributed by atoms with Crippen LogP contribution in [0.25, 0.3) is 6.08 Å². The van der Waals surface area contributed by atoms with Crippen molar-refractivity contribution in [3.05, 3.63) is 29.8 Å². The minimum Gasteiger partial charge on any atom is -0.497 e. The molecule has 0 aliphatic carbocycles. The molecule has 0 heterocycles. The fourth-order valence-electron chi connectivity index (χ4n) is 1.35. The molecule has 6 heteroatoms. The van der Waals surface area contributed by atoms with Gasteiger partial charge in [0.25, 0.3) is 5.91 Å². The minimum absolute atomic E-state index is 0.304. The zero-order valence-corrected chi connectivity index (χ0v) is 11.6. The Hall–Kier alpha value is -2.50. The minimum atomic E-state index is -0.601. The molecule has 1 N–H and O–H groups in total. The van der Waals surface area contributed by atoms with E-state index in [4.69, 9.17) is 14.2 Å². The van der Waals surface area contributed by atoms with Crippen molar-refractivity contribution < 1.29 is 23.8 Å². The van der Waals surface area contributed by atoms with Crippen molar-refractivity contribution >= 4 is 18.0 Å². The molecule has 108 valence electrons. The van der Waals surface area contributed by atoms with E-state index in [1.165, 1.54) is 13.1 Å². The standard InChI is InChI=1S/C14H17NO5/c1-15-13(16)9-20-14(17)5-4-10-6-11(18-2)8-12(7-10)19-3/h4-8H,9H2,1-3H3,(H,15,16)/b5-4+. The van der Waals surface area contributed by atoms with Crippen LogP contribution in [0.4, 0.5) is 0 Å². The normalized spacial score (nSPS) is 10.2. The molecule has 0 saturated carbocycles. The van der Waals surface area contributed by atoms with E-state index in [2.05, 4.69) is 5.32 Å². The molecule has 1 amide bonds. The lowest BCUT2D eigenvalue weighted by Gasteiger charge is -2.05. The van der Waals surface area contributed by atoms with Gasteiger partial charge in [-0.05, 0) is 23.8 Å². The second kappa shape index (κ2) is 7.83. The summed E-state index contributed by atoms with van der Waals surface area (Å²) in [6.07, 6.45) is 2.79. The number of hydrogen-bond acceptors (Lipinski definition) is 5. The summed E-state index contributed by atoms with van der Waals surface area (Å²) in [5.41, 5.74) is 0.720. The summed E-state index contributed by atoms with van der Waals surface area (Å²) in [6, 6.07) is 5.21. The van der Waals surface area contributed by atoms with Crippen LogP contribution in [0.5, 0.6) is 11.5 Å². The van der Waals surface area contributed by atoms with Crippen molar-refractivity contribution in [2.24, 2.45) is 0 Å². The van der Waals surface area contributed by atoms with Gasteiger partial charge < -0.3 is 19.5 Å². The van der Waals surface area contributed by atoms with Crippen LogP contribution in [-0.2, 0) is 14.3 Å². The van der Waals surface area contributed by atoms with Gasteiger partial charge in [0.15, 0.2) is 6.61 Å². The molecule has 0 aromatic heterocycles. The Morgan fingerprint density at radius 3 is 2.25 bits per heavy atom. The third kappa shape index (κ3) is 5.01. The first-order valence-corrected chi connectivity index (χ1v) is 5.87. The lowest BCUT2D eigenvalue weighted by molar-refractivity contribution is -0.143. The fourth-order valence-corrected chi connectivity index (χ4v) is 1.35. The van der Waals surface area contributed by atoms with E-state index in [1.807, 2.05) is 0 Å². The van der Waals surface area contributed by atoms with Crippen molar-refractivity contribution in [2.45, 2.75) is 0 Å². The number of amides is 1. The summed E-state index contributed by atoms with van der Waals surface area (Å²) >= 11 is 0. The molecule has 0 aliphatic heterocycles. The first-order valence-electron chi connectivity index (χ1n) is 5.87. The summed E-state index contributed by atoms with van der Waals surface area (Å²) in [6.45, 7) is -0.304. The van der Waals surface area contributed by atoms with Crippen molar-refractivity contribution in [2.75, 3.05) is 27.9 Å². The Kier molecular flexibility index (Phi) is 6.09. The number of methoxy groups -OCH3 is 2. The lowest BCUT2D eigenvalue weighted by Crippen LogP contribution is -2.24. The van der Waals surface area contributed by atoms with Crippen LogP contribution in [0.1, 0.15) is 5.56 Å². The average Bonchev–Trinajstić information content (AvgIpc) is 2.49. The van der Waals surface area contributed by atoms with Crippen LogP contribution in [0.2, 0.25) is 0 Å². The van der Waals surface area contributed by atoms with E-state index < -0.39 is 5.97 Å². The first-order chi connectivity index (χ1) is 9.58. The van der Waals surface area contributed by atoms with Crippen LogP contribution in [0.15, 0.2) is 24.3 Å². The van der Waals surface area contributed by atoms with Crippen LogP contribution in [-0.4, -0.2) is 39.8 Å². The van der Waals surface area contributed by atoms with E-state index in [0.29, 0.717) is 11.5 Å². The van der Waals surface area contributed by atoms with Gasteiger partial charge in [-0.1, -0.05) is 0 Å². The molecular formula is C14H17NO5. The molecule has 6 nitrogen and oxygen atoms in total. The Balaban J connectivity index is 2.69. The number of rotatable bonds is 6. The molecule has 0 radical (unpaired) electrons. The highest BCUT2D eigenvalue weighted by atomic mass is 16.5. The molecule has 20 heavy (non-hydrogen) atoms. The molecule has 1 rings (SSSR count). The highest BCUT2D eigenvalue weighted by molar-refractivity contribution is 5.89. The maximum absolute atomic E-state index is 11.4. The maximum atomic E-state index is 11.4. The van der Waals surface area contributed by atoms with Gasteiger partial charge in [-0.3, -0.25) is 4.79 Å². The Bertz CT molecular complexity index is 488. The van der Waals surface area contributed by atoms with Crippen molar-refractivity contribution in [3.63, 3.8) is 0 Å². The quantitative estimate of drug-likeness (QED) is 0.621. The molecule has 0 fully saturated rings. The number of likely N-dealkylation sites (N-methyl/N-ethyl adjacent to an activating group) is 1. The van der Waals surface area contributed by atoms with E-state index in [-0.39, 0.29) is 12.5 Å². The van der Waals surface area contributed by atoms with E-state index in [9.17, 15) is 9.59 Å². The predicted octanol–water partition coefficient (Wildman–Crippen LogP) is 1.01. The fraction of sp³-hybridized carbons (Fsp3) is 0.286. The smallest absolute Gasteiger partial charge is 0.331 e. The monoisotopic (exact) mass is 279 g/mol. The van der Waals surface area contributed by atoms with E-state index in [0.717, 1.165) is 5.56 Å². The molecule has 1 aromatic rings. The molecule has 0 saturated heterocycles. The highest BCUT2D eigenvalue weighted by Gasteiger charge is 2.03. The molecule has 0 aliphatic rings. The third-order valence-electron chi connectivity index (χ3n) is 2.41. The Morgan fingerprint density at radius 2 is 1.75 bits per heavy atom. The van der Waals surface area contributed by atoms with Crippen LogP contribution in [0.3, 0.4) is 0 Å². The molecule has 0 unspecified atom stereocenters. The van der Waals surface area contributed by atoms with Crippen LogP contribution < -0.4 is 14.8 Å². The number of benzene rings is 1. The van der Waals surface area contributed by atoms with E-state index in [1.54, 1.807) is 38.5 Å². The number of ether oxygens (including phenoxy) is 3. The zero-order chi connectivity index (χ0) is 15.0. The highest BCUT2D eigenvalue weighted by Crippen LogP contribution is 2.23. The van der Waals surface area contributed by atoms with Gasteiger partial charge in [0.1, 0.15) is 11.5 Å². The van der Waals surface area contributed by atoms with E-state index >= 15 is 0 Å². The largest absolute Gasteiger partial charge is 0.497 e. The summed E-state index contributed by atoms with van der Waals surface area (Å²) in [7, 11) is 4.55. The Morgan fingerprint density at radius 1 is 1.15 bits per heavy atom. The maximum Gasteiger partial charge on any atom is 0.331 e. The van der Waals surface area contributed by atoms with Crippen LogP contribution >= 0.6 is 0 Å². The van der Waals surface area contributed by atoms with Crippen molar-refractivity contribution in [1.82, 2.24) is 5.32 Å². The third-order valence-corrected chi connectivity index (χ3v) is 2.41. The number of esters is 1. The summed E-state index contributed by atoms with van der Waals surface area (Å²) in [5, 5.41) is 2.35.